The molecule has 2 aromatic carbocycles. The summed E-state index contributed by atoms with van der Waals surface area (Å²) in [5.74, 6) is 0.0888. The molecular formula is C22H26O. The van der Waals surface area contributed by atoms with Crippen LogP contribution in [0.2, 0.25) is 0 Å². The van der Waals surface area contributed by atoms with Crippen molar-refractivity contribution in [1.82, 2.24) is 0 Å². The molecule has 1 heteroatoms. The molecule has 2 rings (SSSR count). The van der Waals surface area contributed by atoms with Gasteiger partial charge in [0.25, 0.3) is 0 Å². The fourth-order valence-electron chi connectivity index (χ4n) is 2.77. The molecule has 0 bridgehead atoms. The van der Waals surface area contributed by atoms with E-state index in [1.54, 1.807) is 0 Å². The van der Waals surface area contributed by atoms with Crippen LogP contribution in [0.15, 0.2) is 49.0 Å². The summed E-state index contributed by atoms with van der Waals surface area (Å²) in [6.45, 7) is 14.8. The highest BCUT2D eigenvalue weighted by Crippen LogP contribution is 2.28. The first kappa shape index (κ1) is 17.2. The second kappa shape index (κ2) is 6.54. The second-order valence-electron chi connectivity index (χ2n) is 7.28. The van der Waals surface area contributed by atoms with Gasteiger partial charge in [-0.3, -0.25) is 4.79 Å². The number of carbonyl (C=O) groups is 1. The molecule has 23 heavy (non-hydrogen) atoms. The molecule has 0 aliphatic rings. The zero-order valence-electron chi connectivity index (χ0n) is 14.9. The lowest BCUT2D eigenvalue weighted by molar-refractivity contribution is -0.113. The topological polar surface area (TPSA) is 17.1 Å². The number of aryl methyl sites for hydroxylation is 2. The van der Waals surface area contributed by atoms with Gasteiger partial charge in [-0.15, -0.1) is 0 Å². The van der Waals surface area contributed by atoms with Crippen molar-refractivity contribution in [2.75, 3.05) is 0 Å². The van der Waals surface area contributed by atoms with Gasteiger partial charge in [-0.25, -0.2) is 0 Å². The fourth-order valence-corrected chi connectivity index (χ4v) is 2.77. The minimum Gasteiger partial charge on any atom is -0.294 e. The van der Waals surface area contributed by atoms with Crippen molar-refractivity contribution >= 4 is 11.4 Å². The molecule has 2 aromatic rings. The van der Waals surface area contributed by atoms with Crippen LogP contribution in [0.1, 0.15) is 48.6 Å². The third-order valence-corrected chi connectivity index (χ3v) is 4.36. The first-order valence-corrected chi connectivity index (χ1v) is 8.08. The Bertz CT molecular complexity index is 707. The number of benzene rings is 2. The summed E-state index contributed by atoms with van der Waals surface area (Å²) >= 11 is 0. The summed E-state index contributed by atoms with van der Waals surface area (Å²) in [5.41, 5.74) is 6.41. The van der Waals surface area contributed by atoms with Gasteiger partial charge in [0.1, 0.15) is 0 Å². The average Bonchev–Trinajstić information content (AvgIpc) is 2.49. The van der Waals surface area contributed by atoms with Gasteiger partial charge in [0.15, 0.2) is 5.78 Å². The van der Waals surface area contributed by atoms with Crippen LogP contribution in [0.3, 0.4) is 0 Å². The van der Waals surface area contributed by atoms with Gasteiger partial charge in [-0.05, 0) is 47.1 Å². The molecule has 0 unspecified atom stereocenters. The lowest BCUT2D eigenvalue weighted by atomic mass is 9.83. The molecule has 0 aromatic heterocycles. The zero-order chi connectivity index (χ0) is 17.2. The molecule has 0 aliphatic heterocycles. The molecule has 0 amide bonds. The Balaban J connectivity index is 2.27. The number of rotatable bonds is 4. The number of ketones is 1. The summed E-state index contributed by atoms with van der Waals surface area (Å²) in [5, 5.41) is 0. The maximum atomic E-state index is 12.6. The summed E-state index contributed by atoms with van der Waals surface area (Å²) < 4.78 is 0. The predicted molar refractivity (Wildman–Crippen MR) is 98.8 cm³/mol. The van der Waals surface area contributed by atoms with Gasteiger partial charge >= 0.3 is 0 Å². The Morgan fingerprint density at radius 3 is 2.00 bits per heavy atom. The maximum Gasteiger partial charge on any atom is 0.167 e. The van der Waals surface area contributed by atoms with E-state index < -0.39 is 0 Å². The zero-order valence-corrected chi connectivity index (χ0v) is 14.9. The summed E-state index contributed by atoms with van der Waals surface area (Å²) in [7, 11) is 0. The highest BCUT2D eigenvalue weighted by atomic mass is 16.1. The van der Waals surface area contributed by atoms with E-state index in [0.717, 1.165) is 11.1 Å². The SMILES string of the molecule is C=C(C(=O)Cc1c(C)cc(C(C)(C)C)cc1C)c1ccccc1. The highest BCUT2D eigenvalue weighted by Gasteiger charge is 2.18. The molecule has 0 saturated heterocycles. The minimum absolute atomic E-state index is 0.0888. The Hall–Kier alpha value is -2.15. The van der Waals surface area contributed by atoms with Gasteiger partial charge in [-0.2, -0.15) is 0 Å². The van der Waals surface area contributed by atoms with E-state index in [2.05, 4.69) is 53.3 Å². The van der Waals surface area contributed by atoms with Crippen LogP contribution in [-0.4, -0.2) is 5.78 Å². The third-order valence-electron chi connectivity index (χ3n) is 4.36. The van der Waals surface area contributed by atoms with Crippen molar-refractivity contribution in [3.05, 3.63) is 76.9 Å². The Labute approximate surface area is 140 Å². The van der Waals surface area contributed by atoms with Crippen LogP contribution in [-0.2, 0) is 16.6 Å². The van der Waals surface area contributed by atoms with E-state index in [0.29, 0.717) is 12.0 Å². The van der Waals surface area contributed by atoms with Crippen molar-refractivity contribution < 1.29 is 4.79 Å². The van der Waals surface area contributed by atoms with Crippen molar-refractivity contribution in [3.8, 4) is 0 Å². The Morgan fingerprint density at radius 1 is 1.00 bits per heavy atom. The number of carbonyl (C=O) groups excluding carboxylic acids is 1. The van der Waals surface area contributed by atoms with Crippen molar-refractivity contribution in [2.24, 2.45) is 0 Å². The monoisotopic (exact) mass is 306 g/mol. The molecule has 0 spiro atoms. The van der Waals surface area contributed by atoms with E-state index in [-0.39, 0.29) is 11.2 Å². The molecule has 120 valence electrons. The molecule has 0 radical (unpaired) electrons. The number of allylic oxidation sites excluding steroid dienone is 1. The van der Waals surface area contributed by atoms with Crippen LogP contribution in [0.5, 0.6) is 0 Å². The van der Waals surface area contributed by atoms with Crippen LogP contribution in [0.4, 0.5) is 0 Å². The van der Waals surface area contributed by atoms with Gasteiger partial charge in [-0.1, -0.05) is 69.8 Å². The summed E-state index contributed by atoms with van der Waals surface area (Å²) in [6.07, 6.45) is 0.413. The van der Waals surface area contributed by atoms with Crippen LogP contribution in [0.25, 0.3) is 5.57 Å². The number of Topliss-reactive ketones (excluding diaryl/α,β-unsaturated/α-hetero) is 1. The quantitative estimate of drug-likeness (QED) is 0.689. The standard InChI is InChI=1S/C22H26O/c1-15-12-19(22(4,5)6)13-16(2)20(15)14-21(23)17(3)18-10-8-7-9-11-18/h7-13H,3,14H2,1-2,4-6H3. The highest BCUT2D eigenvalue weighted by molar-refractivity contribution is 6.20. The maximum absolute atomic E-state index is 12.6. The molecule has 0 atom stereocenters. The Kier molecular flexibility index (Phi) is 4.89. The first-order chi connectivity index (χ1) is 10.7. The van der Waals surface area contributed by atoms with E-state index >= 15 is 0 Å². The van der Waals surface area contributed by atoms with Gasteiger partial charge in [0, 0.05) is 12.0 Å². The van der Waals surface area contributed by atoms with Crippen molar-refractivity contribution in [1.29, 1.82) is 0 Å². The molecule has 0 heterocycles. The molecule has 0 fully saturated rings. The minimum atomic E-state index is 0.0888. The first-order valence-electron chi connectivity index (χ1n) is 8.08. The number of hydrogen-bond acceptors (Lipinski definition) is 1. The van der Waals surface area contributed by atoms with E-state index in [9.17, 15) is 4.79 Å². The van der Waals surface area contributed by atoms with Gasteiger partial charge in [0.2, 0.25) is 0 Å². The molecular weight excluding hydrogens is 280 g/mol. The van der Waals surface area contributed by atoms with Gasteiger partial charge < -0.3 is 0 Å². The molecule has 0 aliphatic carbocycles. The van der Waals surface area contributed by atoms with Crippen molar-refractivity contribution in [3.63, 3.8) is 0 Å². The van der Waals surface area contributed by atoms with E-state index in [1.165, 1.54) is 16.7 Å². The number of hydrogen-bond donors (Lipinski definition) is 0. The molecule has 1 nitrogen and oxygen atoms in total. The molecule has 0 saturated carbocycles. The normalized spacial score (nSPS) is 11.3. The smallest absolute Gasteiger partial charge is 0.167 e. The fraction of sp³-hybridized carbons (Fsp3) is 0.318. The Morgan fingerprint density at radius 2 is 1.52 bits per heavy atom. The van der Waals surface area contributed by atoms with Gasteiger partial charge in [0.05, 0.1) is 0 Å². The average molecular weight is 306 g/mol. The van der Waals surface area contributed by atoms with Crippen molar-refractivity contribution in [2.45, 2.75) is 46.5 Å². The largest absolute Gasteiger partial charge is 0.294 e. The summed E-state index contributed by atoms with van der Waals surface area (Å²) in [4.78, 5) is 12.6. The van der Waals surface area contributed by atoms with Crippen LogP contribution < -0.4 is 0 Å². The van der Waals surface area contributed by atoms with Crippen LogP contribution >= 0.6 is 0 Å². The van der Waals surface area contributed by atoms with Crippen LogP contribution in [0, 0.1) is 13.8 Å². The third kappa shape index (κ3) is 3.98. The van der Waals surface area contributed by atoms with E-state index in [1.807, 2.05) is 30.3 Å². The predicted octanol–water partition coefficient (Wildman–Crippen LogP) is 5.43. The molecule has 0 N–H and O–H groups in total. The lowest BCUT2D eigenvalue weighted by Crippen LogP contribution is -2.14. The second-order valence-corrected chi connectivity index (χ2v) is 7.28. The lowest BCUT2D eigenvalue weighted by Gasteiger charge is -2.22. The summed E-state index contributed by atoms with van der Waals surface area (Å²) in [6, 6.07) is 14.1. The van der Waals surface area contributed by atoms with E-state index in [4.69, 9.17) is 0 Å².